The number of carbonyl (C=O) groups is 2. The normalized spacial score (nSPS) is 21.1. The Morgan fingerprint density at radius 2 is 2.15 bits per heavy atom. The number of nitrogens with zero attached hydrogens (tertiary/aromatic N) is 2. The lowest BCUT2D eigenvalue weighted by Gasteiger charge is -2.29. The van der Waals surface area contributed by atoms with E-state index in [2.05, 4.69) is 15.7 Å². The molecule has 0 aromatic carbocycles. The standard InChI is InChI=1S/C19H26N4O2S/c1-14(7-11-23-10-2-9-20-23)21-18(24)15-3-5-17(6-4-15)22-19(25)16-8-12-26-13-16/h2,8-10,12-15,17H,3-7,11H2,1H3,(H,21,24)(H,22,25). The van der Waals surface area contributed by atoms with E-state index in [9.17, 15) is 9.59 Å². The molecule has 1 aliphatic carbocycles. The lowest BCUT2D eigenvalue weighted by atomic mass is 9.85. The Bertz CT molecular complexity index is 691. The predicted molar refractivity (Wildman–Crippen MR) is 102 cm³/mol. The van der Waals surface area contributed by atoms with E-state index >= 15 is 0 Å². The Morgan fingerprint density at radius 3 is 2.81 bits per heavy atom. The number of nitrogens with one attached hydrogen (secondary N) is 2. The lowest BCUT2D eigenvalue weighted by molar-refractivity contribution is -0.126. The molecule has 6 nitrogen and oxygen atoms in total. The van der Waals surface area contributed by atoms with E-state index < -0.39 is 0 Å². The van der Waals surface area contributed by atoms with Crippen LogP contribution in [0.15, 0.2) is 35.3 Å². The summed E-state index contributed by atoms with van der Waals surface area (Å²) in [6.45, 7) is 2.84. The average molecular weight is 375 g/mol. The van der Waals surface area contributed by atoms with Crippen molar-refractivity contribution in [2.75, 3.05) is 0 Å². The molecule has 26 heavy (non-hydrogen) atoms. The molecule has 2 heterocycles. The van der Waals surface area contributed by atoms with E-state index in [1.165, 1.54) is 11.3 Å². The van der Waals surface area contributed by atoms with Crippen molar-refractivity contribution in [3.63, 3.8) is 0 Å². The number of aryl methyl sites for hydroxylation is 1. The Morgan fingerprint density at radius 1 is 1.35 bits per heavy atom. The van der Waals surface area contributed by atoms with Crippen molar-refractivity contribution in [3.8, 4) is 0 Å². The van der Waals surface area contributed by atoms with E-state index in [1.54, 1.807) is 6.20 Å². The van der Waals surface area contributed by atoms with Gasteiger partial charge in [0.2, 0.25) is 5.91 Å². The molecule has 2 amide bonds. The smallest absolute Gasteiger partial charge is 0.252 e. The van der Waals surface area contributed by atoms with Crippen molar-refractivity contribution in [1.29, 1.82) is 0 Å². The van der Waals surface area contributed by atoms with Gasteiger partial charge in [-0.15, -0.1) is 0 Å². The van der Waals surface area contributed by atoms with Crippen LogP contribution in [0.1, 0.15) is 49.4 Å². The Labute approximate surface area is 158 Å². The third kappa shape index (κ3) is 5.17. The number of rotatable bonds is 7. The minimum absolute atomic E-state index is 0.00797. The van der Waals surface area contributed by atoms with E-state index in [0.29, 0.717) is 0 Å². The number of hydrogen-bond acceptors (Lipinski definition) is 4. The summed E-state index contributed by atoms with van der Waals surface area (Å²) in [4.78, 5) is 24.6. The van der Waals surface area contributed by atoms with Gasteiger partial charge in [-0.25, -0.2) is 0 Å². The van der Waals surface area contributed by atoms with E-state index in [-0.39, 0.29) is 29.8 Å². The van der Waals surface area contributed by atoms with E-state index in [0.717, 1.165) is 44.2 Å². The van der Waals surface area contributed by atoms with Crippen molar-refractivity contribution in [2.45, 2.75) is 57.7 Å². The second-order valence-corrected chi connectivity index (χ2v) is 7.78. The van der Waals surface area contributed by atoms with Crippen LogP contribution in [-0.4, -0.2) is 33.7 Å². The third-order valence-electron chi connectivity index (χ3n) is 4.96. The van der Waals surface area contributed by atoms with Gasteiger partial charge in [0, 0.05) is 47.9 Å². The van der Waals surface area contributed by atoms with Crippen molar-refractivity contribution in [1.82, 2.24) is 20.4 Å². The number of amides is 2. The maximum atomic E-state index is 12.5. The second kappa shape index (κ2) is 8.98. The fourth-order valence-electron chi connectivity index (χ4n) is 3.35. The molecule has 1 aliphatic rings. The highest BCUT2D eigenvalue weighted by Gasteiger charge is 2.27. The highest BCUT2D eigenvalue weighted by Crippen LogP contribution is 2.25. The molecule has 2 aromatic heterocycles. The van der Waals surface area contributed by atoms with Gasteiger partial charge in [0.25, 0.3) is 5.91 Å². The quantitative estimate of drug-likeness (QED) is 0.782. The average Bonchev–Trinajstić information content (AvgIpc) is 3.34. The zero-order valence-corrected chi connectivity index (χ0v) is 15.9. The maximum Gasteiger partial charge on any atom is 0.252 e. The van der Waals surface area contributed by atoms with Crippen LogP contribution in [0.2, 0.25) is 0 Å². The monoisotopic (exact) mass is 374 g/mol. The van der Waals surface area contributed by atoms with Crippen LogP contribution in [0.3, 0.4) is 0 Å². The Kier molecular flexibility index (Phi) is 6.44. The van der Waals surface area contributed by atoms with Crippen LogP contribution in [0.25, 0.3) is 0 Å². The van der Waals surface area contributed by atoms with E-state index in [4.69, 9.17) is 0 Å². The van der Waals surface area contributed by atoms with Gasteiger partial charge in [-0.05, 0) is 56.5 Å². The van der Waals surface area contributed by atoms with Gasteiger partial charge in [0.1, 0.15) is 0 Å². The summed E-state index contributed by atoms with van der Waals surface area (Å²) in [5, 5.41) is 14.2. The first-order valence-electron chi connectivity index (χ1n) is 9.22. The van der Waals surface area contributed by atoms with Crippen molar-refractivity contribution in [3.05, 3.63) is 40.8 Å². The summed E-state index contributed by atoms with van der Waals surface area (Å²) in [5.74, 6) is 0.184. The molecular formula is C19H26N4O2S. The van der Waals surface area contributed by atoms with Gasteiger partial charge < -0.3 is 10.6 Å². The minimum atomic E-state index is -0.00797. The molecule has 140 valence electrons. The fraction of sp³-hybridized carbons (Fsp3) is 0.526. The summed E-state index contributed by atoms with van der Waals surface area (Å²) in [5.41, 5.74) is 0.723. The number of hydrogen-bond donors (Lipinski definition) is 2. The molecule has 1 atom stereocenters. The SMILES string of the molecule is CC(CCn1cccn1)NC(=O)C1CCC(NC(=O)c2ccsc2)CC1. The van der Waals surface area contributed by atoms with Crippen LogP contribution in [0, 0.1) is 5.92 Å². The summed E-state index contributed by atoms with van der Waals surface area (Å²) in [6, 6.07) is 4.04. The maximum absolute atomic E-state index is 12.5. The molecule has 0 aliphatic heterocycles. The molecule has 0 spiro atoms. The van der Waals surface area contributed by atoms with Gasteiger partial charge in [-0.3, -0.25) is 14.3 Å². The predicted octanol–water partition coefficient (Wildman–Crippen LogP) is 2.83. The molecule has 2 N–H and O–H groups in total. The lowest BCUT2D eigenvalue weighted by Crippen LogP contribution is -2.42. The van der Waals surface area contributed by atoms with Crippen LogP contribution >= 0.6 is 11.3 Å². The zero-order chi connectivity index (χ0) is 18.4. The largest absolute Gasteiger partial charge is 0.353 e. The van der Waals surface area contributed by atoms with Crippen molar-refractivity contribution >= 4 is 23.2 Å². The number of aromatic nitrogens is 2. The highest BCUT2D eigenvalue weighted by molar-refractivity contribution is 7.08. The number of carbonyl (C=O) groups excluding carboxylic acids is 2. The minimum Gasteiger partial charge on any atom is -0.353 e. The van der Waals surface area contributed by atoms with Crippen molar-refractivity contribution < 1.29 is 9.59 Å². The van der Waals surface area contributed by atoms with Crippen LogP contribution < -0.4 is 10.6 Å². The van der Waals surface area contributed by atoms with E-state index in [1.807, 2.05) is 40.7 Å². The van der Waals surface area contributed by atoms with Crippen LogP contribution in [-0.2, 0) is 11.3 Å². The zero-order valence-electron chi connectivity index (χ0n) is 15.1. The molecule has 0 radical (unpaired) electrons. The summed E-state index contributed by atoms with van der Waals surface area (Å²) >= 11 is 1.52. The fourth-order valence-corrected chi connectivity index (χ4v) is 3.99. The number of thiophene rings is 1. The molecular weight excluding hydrogens is 348 g/mol. The summed E-state index contributed by atoms with van der Waals surface area (Å²) in [7, 11) is 0. The summed E-state index contributed by atoms with van der Waals surface area (Å²) < 4.78 is 1.88. The van der Waals surface area contributed by atoms with Crippen LogP contribution in [0.5, 0.6) is 0 Å². The molecule has 1 fully saturated rings. The highest BCUT2D eigenvalue weighted by atomic mass is 32.1. The topological polar surface area (TPSA) is 76.0 Å². The van der Waals surface area contributed by atoms with Gasteiger partial charge in [0.15, 0.2) is 0 Å². The van der Waals surface area contributed by atoms with Gasteiger partial charge in [-0.2, -0.15) is 16.4 Å². The molecule has 1 saturated carbocycles. The molecule has 2 aromatic rings. The summed E-state index contributed by atoms with van der Waals surface area (Å²) in [6.07, 6.45) is 7.92. The molecule has 1 unspecified atom stereocenters. The first-order valence-corrected chi connectivity index (χ1v) is 10.2. The molecule has 0 bridgehead atoms. The first-order chi connectivity index (χ1) is 12.6. The second-order valence-electron chi connectivity index (χ2n) is 7.00. The van der Waals surface area contributed by atoms with Crippen molar-refractivity contribution in [2.24, 2.45) is 5.92 Å². The van der Waals surface area contributed by atoms with Gasteiger partial charge >= 0.3 is 0 Å². The first kappa shape index (κ1) is 18.6. The molecule has 7 heteroatoms. The third-order valence-corrected chi connectivity index (χ3v) is 5.64. The van der Waals surface area contributed by atoms with Crippen LogP contribution in [0.4, 0.5) is 0 Å². The van der Waals surface area contributed by atoms with Gasteiger partial charge in [-0.1, -0.05) is 0 Å². The Balaban J connectivity index is 1.37. The molecule has 3 rings (SSSR count). The van der Waals surface area contributed by atoms with Gasteiger partial charge in [0.05, 0.1) is 0 Å². The molecule has 0 saturated heterocycles. The Hall–Kier alpha value is -2.15.